The minimum Gasteiger partial charge on any atom is -0.478 e. The van der Waals surface area contributed by atoms with E-state index in [-0.39, 0.29) is 6.79 Å². The molecular formula is C18H18O4. The summed E-state index contributed by atoms with van der Waals surface area (Å²) in [6.45, 7) is 2.05. The first kappa shape index (κ1) is 15.8. The Kier molecular flexibility index (Phi) is 5.33. The number of benzene rings is 2. The van der Waals surface area contributed by atoms with Crippen LogP contribution in [0, 0.1) is 6.92 Å². The third kappa shape index (κ3) is 3.96. The van der Waals surface area contributed by atoms with Crippen LogP contribution in [0.2, 0.25) is 0 Å². The lowest BCUT2D eigenvalue weighted by atomic mass is 9.95. The SMILES string of the molecule is COCOc1ccc(C)cc1C(=CC(=O)O)c1ccccc1. The molecule has 2 rings (SSSR count). The Morgan fingerprint density at radius 1 is 1.18 bits per heavy atom. The first-order valence-corrected chi connectivity index (χ1v) is 6.84. The molecule has 2 aromatic carbocycles. The van der Waals surface area contributed by atoms with Crippen molar-refractivity contribution in [3.05, 3.63) is 71.3 Å². The number of methoxy groups -OCH3 is 1. The summed E-state index contributed by atoms with van der Waals surface area (Å²) in [5.41, 5.74) is 3.17. The summed E-state index contributed by atoms with van der Waals surface area (Å²) >= 11 is 0. The third-order valence-corrected chi connectivity index (χ3v) is 3.11. The number of hydrogen-bond acceptors (Lipinski definition) is 3. The summed E-state index contributed by atoms with van der Waals surface area (Å²) in [7, 11) is 1.54. The van der Waals surface area contributed by atoms with Crippen molar-refractivity contribution in [1.82, 2.24) is 0 Å². The molecule has 0 aliphatic heterocycles. The van der Waals surface area contributed by atoms with Gasteiger partial charge in [0.05, 0.1) is 0 Å². The van der Waals surface area contributed by atoms with Crippen LogP contribution >= 0.6 is 0 Å². The van der Waals surface area contributed by atoms with E-state index in [4.69, 9.17) is 9.47 Å². The highest BCUT2D eigenvalue weighted by Gasteiger charge is 2.13. The molecule has 4 nitrogen and oxygen atoms in total. The molecular weight excluding hydrogens is 280 g/mol. The fourth-order valence-electron chi connectivity index (χ4n) is 2.16. The first-order chi connectivity index (χ1) is 10.6. The standard InChI is InChI=1S/C18H18O4/c1-13-8-9-17(22-12-21-2)16(10-13)15(11-18(19)20)14-6-4-3-5-7-14/h3-11H,12H2,1-2H3,(H,19,20). The van der Waals surface area contributed by atoms with Gasteiger partial charge in [0.25, 0.3) is 0 Å². The molecule has 0 bridgehead atoms. The summed E-state index contributed by atoms with van der Waals surface area (Å²) in [5.74, 6) is -0.415. The van der Waals surface area contributed by atoms with Crippen LogP contribution in [0.4, 0.5) is 0 Å². The second-order valence-electron chi connectivity index (χ2n) is 4.81. The van der Waals surface area contributed by atoms with E-state index in [0.717, 1.165) is 16.7 Å². The zero-order chi connectivity index (χ0) is 15.9. The Hall–Kier alpha value is -2.59. The number of carboxylic acids is 1. The average molecular weight is 298 g/mol. The largest absolute Gasteiger partial charge is 0.478 e. The van der Waals surface area contributed by atoms with Crippen molar-refractivity contribution in [2.75, 3.05) is 13.9 Å². The van der Waals surface area contributed by atoms with Gasteiger partial charge in [-0.25, -0.2) is 4.79 Å². The highest BCUT2D eigenvalue weighted by Crippen LogP contribution is 2.32. The van der Waals surface area contributed by atoms with Gasteiger partial charge in [-0.1, -0.05) is 42.0 Å². The van der Waals surface area contributed by atoms with Gasteiger partial charge in [0.1, 0.15) is 5.75 Å². The van der Waals surface area contributed by atoms with Gasteiger partial charge >= 0.3 is 5.97 Å². The van der Waals surface area contributed by atoms with Crippen LogP contribution in [0.15, 0.2) is 54.6 Å². The summed E-state index contributed by atoms with van der Waals surface area (Å²) < 4.78 is 10.5. The predicted octanol–water partition coefficient (Wildman–Crippen LogP) is 3.49. The van der Waals surface area contributed by atoms with E-state index >= 15 is 0 Å². The van der Waals surface area contributed by atoms with Crippen LogP contribution < -0.4 is 4.74 Å². The van der Waals surface area contributed by atoms with Crippen LogP contribution in [0.1, 0.15) is 16.7 Å². The molecule has 0 aliphatic rings. The molecule has 0 saturated carbocycles. The lowest BCUT2D eigenvalue weighted by Gasteiger charge is -2.14. The summed E-state index contributed by atoms with van der Waals surface area (Å²) in [6.07, 6.45) is 1.20. The van der Waals surface area contributed by atoms with E-state index in [1.165, 1.54) is 6.08 Å². The van der Waals surface area contributed by atoms with E-state index in [1.807, 2.05) is 55.5 Å². The van der Waals surface area contributed by atoms with Gasteiger partial charge in [-0.15, -0.1) is 0 Å². The van der Waals surface area contributed by atoms with Gasteiger partial charge in [-0.3, -0.25) is 0 Å². The molecule has 22 heavy (non-hydrogen) atoms. The van der Waals surface area contributed by atoms with E-state index in [0.29, 0.717) is 11.3 Å². The quantitative estimate of drug-likeness (QED) is 0.655. The number of aryl methyl sites for hydroxylation is 1. The summed E-state index contributed by atoms with van der Waals surface area (Å²) in [4.78, 5) is 11.2. The van der Waals surface area contributed by atoms with Gasteiger partial charge in [0.2, 0.25) is 0 Å². The van der Waals surface area contributed by atoms with E-state index in [1.54, 1.807) is 7.11 Å². The minimum atomic E-state index is -1.00. The highest BCUT2D eigenvalue weighted by molar-refractivity contribution is 5.96. The molecule has 0 aromatic heterocycles. The van der Waals surface area contributed by atoms with Crippen LogP contribution in [0.25, 0.3) is 5.57 Å². The maximum atomic E-state index is 11.2. The molecule has 4 heteroatoms. The molecule has 0 unspecified atom stereocenters. The maximum absolute atomic E-state index is 11.2. The molecule has 0 saturated heterocycles. The lowest BCUT2D eigenvalue weighted by Crippen LogP contribution is -2.03. The van der Waals surface area contributed by atoms with Gasteiger partial charge in [0.15, 0.2) is 6.79 Å². The van der Waals surface area contributed by atoms with Crippen LogP contribution in [-0.2, 0) is 9.53 Å². The van der Waals surface area contributed by atoms with Crippen molar-refractivity contribution in [2.45, 2.75) is 6.92 Å². The molecule has 0 aliphatic carbocycles. The zero-order valence-electron chi connectivity index (χ0n) is 12.6. The number of carboxylic acid groups (broad SMARTS) is 1. The molecule has 0 heterocycles. The minimum absolute atomic E-state index is 0.102. The van der Waals surface area contributed by atoms with Crippen molar-refractivity contribution in [3.63, 3.8) is 0 Å². The zero-order valence-corrected chi connectivity index (χ0v) is 12.6. The monoisotopic (exact) mass is 298 g/mol. The first-order valence-electron chi connectivity index (χ1n) is 6.84. The van der Waals surface area contributed by atoms with Crippen LogP contribution in [-0.4, -0.2) is 25.0 Å². The Morgan fingerprint density at radius 3 is 2.55 bits per heavy atom. The Morgan fingerprint density at radius 2 is 1.91 bits per heavy atom. The highest BCUT2D eigenvalue weighted by atomic mass is 16.7. The molecule has 0 fully saturated rings. The molecule has 114 valence electrons. The number of hydrogen-bond donors (Lipinski definition) is 1. The number of rotatable bonds is 6. The normalized spacial score (nSPS) is 11.3. The van der Waals surface area contributed by atoms with Crippen LogP contribution in [0.3, 0.4) is 0 Å². The third-order valence-electron chi connectivity index (χ3n) is 3.11. The van der Waals surface area contributed by atoms with Crippen molar-refractivity contribution in [1.29, 1.82) is 0 Å². The maximum Gasteiger partial charge on any atom is 0.328 e. The Bertz CT molecular complexity index is 675. The van der Waals surface area contributed by atoms with Crippen molar-refractivity contribution < 1.29 is 19.4 Å². The van der Waals surface area contributed by atoms with Gasteiger partial charge < -0.3 is 14.6 Å². The molecule has 0 atom stereocenters. The van der Waals surface area contributed by atoms with Gasteiger partial charge in [0, 0.05) is 18.7 Å². The number of carbonyl (C=O) groups is 1. The van der Waals surface area contributed by atoms with Gasteiger partial charge in [-0.05, 0) is 30.2 Å². The molecule has 0 amide bonds. The second kappa shape index (κ2) is 7.43. The topological polar surface area (TPSA) is 55.8 Å². The number of ether oxygens (including phenoxy) is 2. The molecule has 0 spiro atoms. The fraction of sp³-hybridized carbons (Fsp3) is 0.167. The van der Waals surface area contributed by atoms with Crippen molar-refractivity contribution >= 4 is 11.5 Å². The molecule has 2 aromatic rings. The summed E-state index contributed by atoms with van der Waals surface area (Å²) in [5, 5.41) is 9.20. The lowest BCUT2D eigenvalue weighted by molar-refractivity contribution is -0.131. The Balaban J connectivity index is 2.57. The van der Waals surface area contributed by atoms with E-state index in [2.05, 4.69) is 0 Å². The van der Waals surface area contributed by atoms with Gasteiger partial charge in [-0.2, -0.15) is 0 Å². The smallest absolute Gasteiger partial charge is 0.328 e. The molecule has 1 N–H and O–H groups in total. The number of aliphatic carboxylic acids is 1. The van der Waals surface area contributed by atoms with E-state index < -0.39 is 5.97 Å². The van der Waals surface area contributed by atoms with Crippen molar-refractivity contribution in [3.8, 4) is 5.75 Å². The van der Waals surface area contributed by atoms with Crippen LogP contribution in [0.5, 0.6) is 5.75 Å². The second-order valence-corrected chi connectivity index (χ2v) is 4.81. The summed E-state index contributed by atoms with van der Waals surface area (Å²) in [6, 6.07) is 15.0. The molecule has 0 radical (unpaired) electrons. The van der Waals surface area contributed by atoms with Crippen molar-refractivity contribution in [2.24, 2.45) is 0 Å². The predicted molar refractivity (Wildman–Crippen MR) is 84.8 cm³/mol. The average Bonchev–Trinajstić information content (AvgIpc) is 2.52. The fourth-order valence-corrected chi connectivity index (χ4v) is 2.16. The Labute approximate surface area is 129 Å². The van der Waals surface area contributed by atoms with E-state index in [9.17, 15) is 9.90 Å².